The van der Waals surface area contributed by atoms with Crippen LogP contribution in [-0.4, -0.2) is 40.3 Å². The summed E-state index contributed by atoms with van der Waals surface area (Å²) in [6, 6.07) is 6.58. The highest BCUT2D eigenvalue weighted by Crippen LogP contribution is 2.51. The van der Waals surface area contributed by atoms with E-state index >= 15 is 0 Å². The monoisotopic (exact) mass is 418 g/mol. The van der Waals surface area contributed by atoms with Crippen molar-refractivity contribution in [1.82, 2.24) is 15.3 Å². The fraction of sp³-hybridized carbons (Fsp3) is 0.429. The minimum atomic E-state index is -3.10. The number of nitrogens with zero attached hydrogens (tertiary/aromatic N) is 3. The fourth-order valence-electron chi connectivity index (χ4n) is 4.49. The Kier molecular flexibility index (Phi) is 4.99. The Bertz CT molecular complexity index is 982. The van der Waals surface area contributed by atoms with Gasteiger partial charge in [-0.05, 0) is 44.0 Å². The standard InChI is InChI=1S/C21H21F3N4O2/c1-13-3-2-4-16(26-13)18(29)27-15-9-20(12-21(23,24)10-15)7-8-28(19(20)30)17-6-5-14(22)11-25-17/h2-6,11,15H,7-10,12H2,1H3,(H,27,29)/t15-,20+/m1/s1. The highest BCUT2D eigenvalue weighted by Gasteiger charge is 2.57. The summed E-state index contributed by atoms with van der Waals surface area (Å²) in [6.45, 7) is 1.95. The first-order valence-corrected chi connectivity index (χ1v) is 9.73. The molecule has 1 saturated carbocycles. The van der Waals surface area contributed by atoms with Gasteiger partial charge in [-0.3, -0.25) is 14.5 Å². The zero-order chi connectivity index (χ0) is 21.5. The van der Waals surface area contributed by atoms with E-state index in [-0.39, 0.29) is 30.9 Å². The highest BCUT2D eigenvalue weighted by molar-refractivity contribution is 5.99. The molecule has 2 fully saturated rings. The van der Waals surface area contributed by atoms with Gasteiger partial charge in [0, 0.05) is 31.1 Å². The Hall–Kier alpha value is -2.97. The second-order valence-electron chi connectivity index (χ2n) is 8.10. The molecule has 0 bridgehead atoms. The summed E-state index contributed by atoms with van der Waals surface area (Å²) in [5, 5.41) is 2.63. The minimum absolute atomic E-state index is 0.108. The van der Waals surface area contributed by atoms with Gasteiger partial charge in [0.15, 0.2) is 0 Å². The minimum Gasteiger partial charge on any atom is -0.348 e. The van der Waals surface area contributed by atoms with Crippen molar-refractivity contribution in [3.63, 3.8) is 0 Å². The second-order valence-corrected chi connectivity index (χ2v) is 8.10. The lowest BCUT2D eigenvalue weighted by Gasteiger charge is -2.40. The predicted molar refractivity (Wildman–Crippen MR) is 103 cm³/mol. The lowest BCUT2D eigenvalue weighted by Crippen LogP contribution is -2.52. The van der Waals surface area contributed by atoms with Crippen LogP contribution in [0.15, 0.2) is 36.5 Å². The van der Waals surface area contributed by atoms with Gasteiger partial charge in [-0.15, -0.1) is 0 Å². The molecule has 1 N–H and O–H groups in total. The summed E-state index contributed by atoms with van der Waals surface area (Å²) in [6.07, 6.45) is 0.202. The van der Waals surface area contributed by atoms with Crippen LogP contribution in [0.5, 0.6) is 0 Å². The number of anilines is 1. The smallest absolute Gasteiger partial charge is 0.270 e. The molecule has 2 atom stereocenters. The van der Waals surface area contributed by atoms with Crippen LogP contribution in [0.3, 0.4) is 0 Å². The zero-order valence-electron chi connectivity index (χ0n) is 16.4. The molecule has 2 aromatic heterocycles. The first-order valence-electron chi connectivity index (χ1n) is 9.73. The number of halogens is 3. The molecule has 2 amide bonds. The summed E-state index contributed by atoms with van der Waals surface area (Å²) >= 11 is 0. The molecule has 1 aliphatic carbocycles. The van der Waals surface area contributed by atoms with Crippen molar-refractivity contribution in [3.8, 4) is 0 Å². The largest absolute Gasteiger partial charge is 0.348 e. The van der Waals surface area contributed by atoms with E-state index in [1.807, 2.05) is 0 Å². The normalized spacial score (nSPS) is 25.5. The molecule has 6 nitrogen and oxygen atoms in total. The number of nitrogens with one attached hydrogen (secondary N) is 1. The highest BCUT2D eigenvalue weighted by atomic mass is 19.3. The van der Waals surface area contributed by atoms with Crippen LogP contribution in [0.4, 0.5) is 19.0 Å². The third-order valence-corrected chi connectivity index (χ3v) is 5.74. The quantitative estimate of drug-likeness (QED) is 0.830. The topological polar surface area (TPSA) is 75.2 Å². The molecular formula is C21H21F3N4O2. The third kappa shape index (κ3) is 3.88. The number of aryl methyl sites for hydroxylation is 1. The van der Waals surface area contributed by atoms with Crippen molar-refractivity contribution in [2.24, 2.45) is 5.41 Å². The van der Waals surface area contributed by atoms with Gasteiger partial charge in [-0.1, -0.05) is 6.07 Å². The summed E-state index contributed by atoms with van der Waals surface area (Å²) in [5.41, 5.74) is -0.509. The molecule has 1 spiro atoms. The number of carbonyl (C=O) groups excluding carboxylic acids is 2. The van der Waals surface area contributed by atoms with E-state index in [4.69, 9.17) is 0 Å². The van der Waals surface area contributed by atoms with E-state index in [0.29, 0.717) is 5.69 Å². The Morgan fingerprint density at radius 3 is 2.73 bits per heavy atom. The molecule has 1 saturated heterocycles. The summed E-state index contributed by atoms with van der Waals surface area (Å²) in [7, 11) is 0. The molecule has 9 heteroatoms. The van der Waals surface area contributed by atoms with E-state index in [0.717, 1.165) is 6.20 Å². The van der Waals surface area contributed by atoms with Gasteiger partial charge in [0.2, 0.25) is 5.91 Å². The summed E-state index contributed by atoms with van der Waals surface area (Å²) < 4.78 is 42.4. The van der Waals surface area contributed by atoms with Crippen molar-refractivity contribution < 1.29 is 22.8 Å². The van der Waals surface area contributed by atoms with E-state index in [9.17, 15) is 22.8 Å². The summed E-state index contributed by atoms with van der Waals surface area (Å²) in [5.74, 6) is -4.42. The first kappa shape index (κ1) is 20.3. The lowest BCUT2D eigenvalue weighted by atomic mass is 9.69. The van der Waals surface area contributed by atoms with Gasteiger partial charge in [0.1, 0.15) is 17.3 Å². The molecule has 158 valence electrons. The van der Waals surface area contributed by atoms with Crippen molar-refractivity contribution in [1.29, 1.82) is 0 Å². The van der Waals surface area contributed by atoms with Crippen LogP contribution in [0.2, 0.25) is 0 Å². The van der Waals surface area contributed by atoms with E-state index < -0.39 is 47.9 Å². The Balaban J connectivity index is 1.54. The average molecular weight is 418 g/mol. The van der Waals surface area contributed by atoms with Gasteiger partial charge in [-0.25, -0.2) is 23.1 Å². The van der Waals surface area contributed by atoms with Gasteiger partial charge >= 0.3 is 0 Å². The molecule has 30 heavy (non-hydrogen) atoms. The number of hydrogen-bond acceptors (Lipinski definition) is 4. The Morgan fingerprint density at radius 1 is 1.23 bits per heavy atom. The molecule has 0 unspecified atom stereocenters. The summed E-state index contributed by atoms with van der Waals surface area (Å²) in [4.78, 5) is 35.0. The second kappa shape index (κ2) is 7.37. The molecule has 0 aromatic carbocycles. The molecule has 0 radical (unpaired) electrons. The maximum atomic E-state index is 14.6. The molecular weight excluding hydrogens is 397 g/mol. The Labute approximate surface area is 171 Å². The molecule has 1 aliphatic heterocycles. The molecule has 3 heterocycles. The predicted octanol–water partition coefficient (Wildman–Crippen LogP) is 3.27. The van der Waals surface area contributed by atoms with Crippen molar-refractivity contribution >= 4 is 17.6 Å². The van der Waals surface area contributed by atoms with E-state index in [1.165, 1.54) is 23.1 Å². The fourth-order valence-corrected chi connectivity index (χ4v) is 4.49. The van der Waals surface area contributed by atoms with Crippen LogP contribution in [0.25, 0.3) is 0 Å². The number of alkyl halides is 2. The lowest BCUT2D eigenvalue weighted by molar-refractivity contribution is -0.140. The zero-order valence-corrected chi connectivity index (χ0v) is 16.4. The number of pyridine rings is 2. The third-order valence-electron chi connectivity index (χ3n) is 5.74. The number of rotatable bonds is 3. The first-order chi connectivity index (χ1) is 14.2. The van der Waals surface area contributed by atoms with Crippen molar-refractivity contribution in [2.75, 3.05) is 11.4 Å². The maximum absolute atomic E-state index is 14.6. The van der Waals surface area contributed by atoms with Crippen LogP contribution in [0.1, 0.15) is 41.9 Å². The molecule has 4 rings (SSSR count). The number of aromatic nitrogens is 2. The number of hydrogen-bond donors (Lipinski definition) is 1. The van der Waals surface area contributed by atoms with Crippen LogP contribution in [0, 0.1) is 18.2 Å². The SMILES string of the molecule is Cc1cccc(C(=O)N[C@H]2CC(F)(F)C[C@]3(CCN(c4ccc(F)cn4)C3=O)C2)n1. The molecule has 2 aromatic rings. The van der Waals surface area contributed by atoms with Crippen molar-refractivity contribution in [3.05, 3.63) is 53.7 Å². The van der Waals surface area contributed by atoms with Crippen molar-refractivity contribution in [2.45, 2.75) is 44.6 Å². The average Bonchev–Trinajstić information content (AvgIpc) is 2.96. The number of amides is 2. The van der Waals surface area contributed by atoms with Gasteiger partial charge < -0.3 is 5.32 Å². The van der Waals surface area contributed by atoms with E-state index in [2.05, 4.69) is 15.3 Å². The van der Waals surface area contributed by atoms with Crippen LogP contribution >= 0.6 is 0 Å². The van der Waals surface area contributed by atoms with Crippen LogP contribution < -0.4 is 10.2 Å². The number of carbonyl (C=O) groups is 2. The van der Waals surface area contributed by atoms with Gasteiger partial charge in [-0.2, -0.15) is 0 Å². The van der Waals surface area contributed by atoms with E-state index in [1.54, 1.807) is 19.1 Å². The van der Waals surface area contributed by atoms with Gasteiger partial charge in [0.05, 0.1) is 11.6 Å². The maximum Gasteiger partial charge on any atom is 0.270 e. The molecule has 2 aliphatic rings. The van der Waals surface area contributed by atoms with Crippen LogP contribution in [-0.2, 0) is 4.79 Å². The van der Waals surface area contributed by atoms with Gasteiger partial charge in [0.25, 0.3) is 11.8 Å². The Morgan fingerprint density at radius 2 is 2.03 bits per heavy atom.